The summed E-state index contributed by atoms with van der Waals surface area (Å²) in [6, 6.07) is 11.3. The SMILES string of the molecule is CN1CCC23c4c5ccc(O)c4OC2C(=O)C=CC3(O)C1C5.CN1CCC23c4c5ccc(O)c4OC2C(=O)CCC3(O)C1C5.COC1=CC=C2C3Cc4ccc(O)c5c4C2(CCN3C)C1O5. The predicted molar refractivity (Wildman–Crippen MR) is 238 cm³/mol. The molecule has 14 heteroatoms. The van der Waals surface area contributed by atoms with Gasteiger partial charge < -0.3 is 49.4 Å². The fourth-order valence-electron chi connectivity index (χ4n) is 15.6. The van der Waals surface area contributed by atoms with E-state index in [0.29, 0.717) is 55.4 Å². The van der Waals surface area contributed by atoms with Gasteiger partial charge in [-0.1, -0.05) is 24.3 Å². The number of carbonyl (C=O) groups excluding carboxylic acids is 2. The summed E-state index contributed by atoms with van der Waals surface area (Å²) in [6.07, 6.45) is 11.4. The highest BCUT2D eigenvalue weighted by atomic mass is 16.5. The lowest BCUT2D eigenvalue weighted by Crippen LogP contribution is -2.76. The number of ketones is 2. The number of carbonyl (C=O) groups is 2. The first-order chi connectivity index (χ1) is 31.6. The molecule has 66 heavy (non-hydrogen) atoms. The summed E-state index contributed by atoms with van der Waals surface area (Å²) >= 11 is 0. The third kappa shape index (κ3) is 4.56. The molecular formula is C52H55N3O11. The second kappa shape index (κ2) is 13.2. The van der Waals surface area contributed by atoms with Gasteiger partial charge in [0.25, 0.3) is 0 Å². The van der Waals surface area contributed by atoms with E-state index in [1.165, 1.54) is 22.8 Å². The van der Waals surface area contributed by atoms with Gasteiger partial charge in [0.2, 0.25) is 0 Å². The molecule has 1 saturated carbocycles. The molecule has 6 aliphatic heterocycles. The lowest BCUT2D eigenvalue weighted by molar-refractivity contribution is -0.185. The van der Waals surface area contributed by atoms with E-state index in [4.69, 9.17) is 18.9 Å². The number of phenols is 3. The van der Waals surface area contributed by atoms with Gasteiger partial charge in [-0.2, -0.15) is 0 Å². The molecule has 0 aromatic heterocycles. The smallest absolute Gasteiger partial charge is 0.196 e. The molecule has 6 aliphatic carbocycles. The standard InChI is InChI=1S/C18H19NO3.C17H19NO4.C17H17NO4/c1-19-8-7-18-11-4-6-14(21-2)17(18)22-16-13(20)5-3-10(15(16)18)9-12(11)19;2*1-18-7-6-16-13-9-2-3-10(19)14(13)22-15(16)11(20)4-5-17(16,21)12(18)8-9/h3-6,12,17,20H,7-9H2,1-2H3;2-3,12,15,19,21H,4-8H2,1H3;2-5,12,15,19,21H,6-8H2,1H3. The van der Waals surface area contributed by atoms with Crippen molar-refractivity contribution in [2.45, 2.75) is 115 Å². The summed E-state index contributed by atoms with van der Waals surface area (Å²) in [5.41, 5.74) is 4.17. The Bertz CT molecular complexity index is 2810. The number of ether oxygens (including phenoxy) is 4. The monoisotopic (exact) mass is 897 g/mol. The van der Waals surface area contributed by atoms with E-state index >= 15 is 0 Å². The van der Waals surface area contributed by atoms with Crippen LogP contribution in [0.2, 0.25) is 0 Å². The van der Waals surface area contributed by atoms with Crippen LogP contribution in [0.25, 0.3) is 0 Å². The van der Waals surface area contributed by atoms with Gasteiger partial charge in [0.15, 0.2) is 64.4 Å². The van der Waals surface area contributed by atoms with Crippen LogP contribution in [0, 0.1) is 0 Å². The minimum absolute atomic E-state index is 0.00319. The molecule has 11 atom stereocenters. The molecule has 344 valence electrons. The maximum atomic E-state index is 12.5. The number of rotatable bonds is 1. The zero-order chi connectivity index (χ0) is 45.6. The second-order valence-corrected chi connectivity index (χ2v) is 20.9. The number of aromatic hydroxyl groups is 3. The highest BCUT2D eigenvalue weighted by Crippen LogP contribution is 2.66. The Morgan fingerprint density at radius 1 is 0.636 bits per heavy atom. The maximum Gasteiger partial charge on any atom is 0.196 e. The molecule has 3 saturated heterocycles. The number of phenolic OH excluding ortho intramolecular Hbond substituents is 3. The Balaban J connectivity index is 0.0000000988. The Hall–Kier alpha value is -5.38. The second-order valence-electron chi connectivity index (χ2n) is 20.9. The number of methoxy groups -OCH3 is 1. The first-order valence-electron chi connectivity index (χ1n) is 23.5. The van der Waals surface area contributed by atoms with E-state index in [-0.39, 0.29) is 52.4 Å². The van der Waals surface area contributed by atoms with Gasteiger partial charge in [-0.25, -0.2) is 0 Å². The molecule has 11 unspecified atom stereocenters. The molecule has 6 bridgehead atoms. The normalized spacial score (nSPS) is 39.2. The summed E-state index contributed by atoms with van der Waals surface area (Å²) in [4.78, 5) is 31.8. The summed E-state index contributed by atoms with van der Waals surface area (Å²) in [7, 11) is 7.95. The molecule has 3 aromatic carbocycles. The highest BCUT2D eigenvalue weighted by Gasteiger charge is 2.74. The number of nitrogens with zero attached hydrogens (tertiary/aromatic N) is 3. The van der Waals surface area contributed by atoms with Crippen molar-refractivity contribution in [1.29, 1.82) is 0 Å². The molecule has 0 amide bonds. The van der Waals surface area contributed by atoms with Crippen LogP contribution in [-0.2, 0) is 49.8 Å². The van der Waals surface area contributed by atoms with Crippen molar-refractivity contribution in [3.8, 4) is 34.5 Å². The van der Waals surface area contributed by atoms with Crippen LogP contribution >= 0.6 is 0 Å². The van der Waals surface area contributed by atoms with Gasteiger partial charge in [-0.15, -0.1) is 0 Å². The third-order valence-electron chi connectivity index (χ3n) is 18.6. The van der Waals surface area contributed by atoms with Crippen molar-refractivity contribution in [3.05, 3.63) is 105 Å². The van der Waals surface area contributed by atoms with E-state index in [1.807, 2.05) is 32.3 Å². The van der Waals surface area contributed by atoms with Gasteiger partial charge >= 0.3 is 0 Å². The van der Waals surface area contributed by atoms with E-state index in [1.54, 1.807) is 31.4 Å². The Morgan fingerprint density at radius 3 is 1.88 bits per heavy atom. The molecule has 3 aromatic rings. The predicted octanol–water partition coefficient (Wildman–Crippen LogP) is 3.39. The Kier molecular flexibility index (Phi) is 8.17. The summed E-state index contributed by atoms with van der Waals surface area (Å²) in [6.45, 7) is 2.66. The first kappa shape index (κ1) is 40.9. The average Bonchev–Trinajstić information content (AvgIpc) is 3.98. The number of piperidine rings is 3. The molecule has 3 spiro atoms. The van der Waals surface area contributed by atoms with Crippen molar-refractivity contribution in [2.75, 3.05) is 47.9 Å². The molecule has 6 heterocycles. The zero-order valence-corrected chi connectivity index (χ0v) is 37.5. The quantitative estimate of drug-likeness (QED) is 0.240. The van der Waals surface area contributed by atoms with E-state index in [2.05, 4.69) is 33.9 Å². The first-order valence-corrected chi connectivity index (χ1v) is 23.5. The number of allylic oxidation sites excluding steroid dienone is 2. The minimum atomic E-state index is -1.13. The van der Waals surface area contributed by atoms with Gasteiger partial charge in [-0.3, -0.25) is 19.4 Å². The molecule has 0 radical (unpaired) electrons. The van der Waals surface area contributed by atoms with Crippen LogP contribution in [0.15, 0.2) is 72.0 Å². The van der Waals surface area contributed by atoms with E-state index < -0.39 is 34.2 Å². The van der Waals surface area contributed by atoms with Crippen molar-refractivity contribution in [3.63, 3.8) is 0 Å². The molecule has 12 aliphatic rings. The lowest BCUT2D eigenvalue weighted by atomic mass is 9.49. The van der Waals surface area contributed by atoms with Crippen LogP contribution in [-0.4, -0.2) is 147 Å². The largest absolute Gasteiger partial charge is 0.504 e. The average molecular weight is 898 g/mol. The molecular weight excluding hydrogens is 843 g/mol. The zero-order valence-electron chi connectivity index (χ0n) is 37.5. The van der Waals surface area contributed by atoms with Crippen molar-refractivity contribution < 1.29 is 54.1 Å². The fourth-order valence-corrected chi connectivity index (χ4v) is 15.6. The topological polar surface area (TPSA) is 182 Å². The van der Waals surface area contributed by atoms with Crippen LogP contribution in [0.5, 0.6) is 34.5 Å². The molecule has 15 rings (SSSR count). The third-order valence-corrected chi connectivity index (χ3v) is 18.6. The van der Waals surface area contributed by atoms with Crippen LogP contribution < -0.4 is 14.2 Å². The number of hydrogen-bond donors (Lipinski definition) is 5. The van der Waals surface area contributed by atoms with E-state index in [9.17, 15) is 35.1 Å². The van der Waals surface area contributed by atoms with Crippen molar-refractivity contribution >= 4 is 11.6 Å². The van der Waals surface area contributed by atoms with Crippen LogP contribution in [0.3, 0.4) is 0 Å². The van der Waals surface area contributed by atoms with Gasteiger partial charge in [0.05, 0.1) is 29.0 Å². The number of likely N-dealkylation sites (N-methyl/N-ethyl adjacent to an activating group) is 3. The molecule has 14 nitrogen and oxygen atoms in total. The van der Waals surface area contributed by atoms with Crippen LogP contribution in [0.4, 0.5) is 0 Å². The fraction of sp³-hybridized carbons (Fsp3) is 0.500. The number of benzene rings is 3. The summed E-state index contributed by atoms with van der Waals surface area (Å²) in [5.74, 6) is 2.64. The Labute approximate surface area is 382 Å². The van der Waals surface area contributed by atoms with Gasteiger partial charge in [0.1, 0.15) is 11.4 Å². The number of aliphatic hydroxyl groups is 2. The summed E-state index contributed by atoms with van der Waals surface area (Å²) < 4.78 is 23.7. The lowest BCUT2D eigenvalue weighted by Gasteiger charge is -2.61. The number of Topliss-reactive ketones (excluding diaryl/α,β-unsaturated/α-hetero) is 1. The number of hydrogen-bond acceptors (Lipinski definition) is 14. The van der Waals surface area contributed by atoms with Gasteiger partial charge in [-0.05, 0) is 144 Å². The molecule has 4 fully saturated rings. The highest BCUT2D eigenvalue weighted by molar-refractivity contribution is 5.99. The van der Waals surface area contributed by atoms with E-state index in [0.717, 1.165) is 66.9 Å². The van der Waals surface area contributed by atoms with Gasteiger partial charge in [0, 0.05) is 41.2 Å². The minimum Gasteiger partial charge on any atom is -0.504 e. The summed E-state index contributed by atoms with van der Waals surface area (Å²) in [5, 5.41) is 53.9. The molecule has 5 N–H and O–H groups in total. The number of likely N-dealkylation sites (tertiary alicyclic amines) is 3. The van der Waals surface area contributed by atoms with Crippen molar-refractivity contribution in [2.24, 2.45) is 0 Å². The van der Waals surface area contributed by atoms with Crippen LogP contribution in [0.1, 0.15) is 65.5 Å². The van der Waals surface area contributed by atoms with Crippen molar-refractivity contribution in [1.82, 2.24) is 14.7 Å². The maximum absolute atomic E-state index is 12.5. The Morgan fingerprint density at radius 2 is 1.20 bits per heavy atom.